The molecule has 0 aliphatic carbocycles. The van der Waals surface area contributed by atoms with E-state index in [0.717, 1.165) is 0 Å². The van der Waals surface area contributed by atoms with Gasteiger partial charge < -0.3 is 0 Å². The van der Waals surface area contributed by atoms with Crippen LogP contribution in [0.15, 0.2) is 36.7 Å². The Kier molecular flexibility index (Phi) is 2.73. The summed E-state index contributed by atoms with van der Waals surface area (Å²) >= 11 is 1.87. The van der Waals surface area contributed by atoms with Crippen molar-refractivity contribution < 1.29 is 0 Å². The predicted octanol–water partition coefficient (Wildman–Crippen LogP) is 3.66. The monoisotopic (exact) mass is 203 g/mol. The predicted molar refractivity (Wildman–Crippen MR) is 63.7 cm³/mol. The average molecular weight is 203 g/mol. The summed E-state index contributed by atoms with van der Waals surface area (Å²) in [4.78, 5) is 4.13. The first-order chi connectivity index (χ1) is 6.83. The van der Waals surface area contributed by atoms with Crippen molar-refractivity contribution in [3.63, 3.8) is 0 Å². The molecule has 0 saturated heterocycles. The van der Waals surface area contributed by atoms with Crippen LogP contribution in [-0.2, 0) is 0 Å². The Morgan fingerprint density at radius 1 is 1.29 bits per heavy atom. The van der Waals surface area contributed by atoms with Crippen molar-refractivity contribution in [2.24, 2.45) is 0 Å². The van der Waals surface area contributed by atoms with Crippen molar-refractivity contribution in [2.45, 2.75) is 12.2 Å². The van der Waals surface area contributed by atoms with Gasteiger partial charge in [-0.25, -0.2) is 0 Å². The number of hydrogen-bond acceptors (Lipinski definition) is 2. The van der Waals surface area contributed by atoms with Gasteiger partial charge in [0.05, 0.1) is 0 Å². The lowest BCUT2D eigenvalue weighted by Crippen LogP contribution is -1.89. The van der Waals surface area contributed by atoms with Crippen molar-refractivity contribution in [1.29, 1.82) is 0 Å². The van der Waals surface area contributed by atoms with Crippen molar-refractivity contribution in [3.05, 3.63) is 42.2 Å². The molecular weight excluding hydrogens is 190 g/mol. The molecule has 0 radical (unpaired) electrons. The van der Waals surface area contributed by atoms with E-state index in [-0.39, 0.29) is 0 Å². The Bertz CT molecular complexity index is 434. The minimum Gasteiger partial charge on any atom is -0.264 e. The lowest BCUT2D eigenvalue weighted by Gasteiger charge is -2.11. The zero-order valence-corrected chi connectivity index (χ0v) is 9.21. The fourth-order valence-electron chi connectivity index (χ4n) is 1.63. The van der Waals surface area contributed by atoms with Gasteiger partial charge in [0.1, 0.15) is 0 Å². The third kappa shape index (κ3) is 1.62. The van der Waals surface area contributed by atoms with Gasteiger partial charge in [-0.15, -0.1) is 0 Å². The standard InChI is InChI=1S/C12H13NS/c1-9(14-2)11-5-3-4-10-8-13-7-6-12(10)11/h3-9H,1-2H3. The zero-order chi connectivity index (χ0) is 9.97. The van der Waals surface area contributed by atoms with E-state index in [4.69, 9.17) is 0 Å². The summed E-state index contributed by atoms with van der Waals surface area (Å²) in [7, 11) is 0. The van der Waals surface area contributed by atoms with Crippen LogP contribution in [0.3, 0.4) is 0 Å². The van der Waals surface area contributed by atoms with E-state index >= 15 is 0 Å². The third-order valence-corrected chi connectivity index (χ3v) is 3.47. The molecule has 14 heavy (non-hydrogen) atoms. The van der Waals surface area contributed by atoms with Crippen LogP contribution in [0, 0.1) is 0 Å². The molecular formula is C12H13NS. The molecule has 72 valence electrons. The number of rotatable bonds is 2. The molecule has 1 nitrogen and oxygen atoms in total. The van der Waals surface area contributed by atoms with Crippen LogP contribution in [0.5, 0.6) is 0 Å². The normalized spacial score (nSPS) is 13.0. The highest BCUT2D eigenvalue weighted by atomic mass is 32.2. The minimum absolute atomic E-state index is 0.543. The highest BCUT2D eigenvalue weighted by Crippen LogP contribution is 2.31. The first-order valence-electron chi connectivity index (χ1n) is 4.68. The summed E-state index contributed by atoms with van der Waals surface area (Å²) in [6.07, 6.45) is 5.93. The molecule has 1 heterocycles. The molecule has 0 N–H and O–H groups in total. The van der Waals surface area contributed by atoms with E-state index < -0.39 is 0 Å². The molecule has 1 atom stereocenters. The Hall–Kier alpha value is -1.02. The first-order valence-corrected chi connectivity index (χ1v) is 5.97. The van der Waals surface area contributed by atoms with E-state index in [1.54, 1.807) is 0 Å². The smallest absolute Gasteiger partial charge is 0.0346 e. The lowest BCUT2D eigenvalue weighted by atomic mass is 10.0. The summed E-state index contributed by atoms with van der Waals surface area (Å²) < 4.78 is 0. The fraction of sp³-hybridized carbons (Fsp3) is 0.250. The molecule has 1 unspecified atom stereocenters. The van der Waals surface area contributed by atoms with Crippen LogP contribution in [0.25, 0.3) is 10.8 Å². The quantitative estimate of drug-likeness (QED) is 0.738. The number of fused-ring (bicyclic) bond motifs is 1. The molecule has 0 spiro atoms. The maximum atomic E-state index is 4.13. The van der Waals surface area contributed by atoms with Gasteiger partial charge in [-0.3, -0.25) is 4.98 Å². The summed E-state index contributed by atoms with van der Waals surface area (Å²) in [6.45, 7) is 2.24. The van der Waals surface area contributed by atoms with Gasteiger partial charge in [-0.05, 0) is 30.2 Å². The maximum Gasteiger partial charge on any atom is 0.0346 e. The topological polar surface area (TPSA) is 12.9 Å². The van der Waals surface area contributed by atoms with Gasteiger partial charge >= 0.3 is 0 Å². The van der Waals surface area contributed by atoms with Gasteiger partial charge in [-0.2, -0.15) is 11.8 Å². The van der Waals surface area contributed by atoms with Crippen molar-refractivity contribution in [1.82, 2.24) is 4.98 Å². The van der Waals surface area contributed by atoms with E-state index in [1.807, 2.05) is 24.2 Å². The van der Waals surface area contributed by atoms with Crippen LogP contribution in [0.2, 0.25) is 0 Å². The fourth-order valence-corrected chi connectivity index (χ4v) is 2.09. The number of benzene rings is 1. The molecule has 0 amide bonds. The zero-order valence-electron chi connectivity index (χ0n) is 8.40. The van der Waals surface area contributed by atoms with Gasteiger partial charge in [0.25, 0.3) is 0 Å². The van der Waals surface area contributed by atoms with E-state index in [1.165, 1.54) is 16.3 Å². The second kappa shape index (κ2) is 4.01. The number of aromatic nitrogens is 1. The third-order valence-electron chi connectivity index (χ3n) is 2.51. The lowest BCUT2D eigenvalue weighted by molar-refractivity contribution is 1.12. The number of nitrogens with zero attached hydrogens (tertiary/aromatic N) is 1. The van der Waals surface area contributed by atoms with Gasteiger partial charge in [-0.1, -0.05) is 18.2 Å². The Morgan fingerprint density at radius 2 is 2.14 bits per heavy atom. The SMILES string of the molecule is CSC(C)c1cccc2cnccc12. The molecule has 2 aromatic rings. The molecule has 0 fully saturated rings. The Morgan fingerprint density at radius 3 is 2.93 bits per heavy atom. The van der Waals surface area contributed by atoms with Gasteiger partial charge in [0, 0.05) is 23.0 Å². The van der Waals surface area contributed by atoms with Crippen LogP contribution < -0.4 is 0 Å². The average Bonchev–Trinajstić information content (AvgIpc) is 2.27. The molecule has 0 bridgehead atoms. The second-order valence-corrected chi connectivity index (χ2v) is 4.50. The van der Waals surface area contributed by atoms with E-state index in [2.05, 4.69) is 42.4 Å². The molecule has 1 aromatic heterocycles. The minimum atomic E-state index is 0.543. The van der Waals surface area contributed by atoms with Crippen LogP contribution in [-0.4, -0.2) is 11.2 Å². The van der Waals surface area contributed by atoms with E-state index in [9.17, 15) is 0 Å². The highest BCUT2D eigenvalue weighted by Gasteiger charge is 2.06. The van der Waals surface area contributed by atoms with Gasteiger partial charge in [0.15, 0.2) is 0 Å². The summed E-state index contributed by atoms with van der Waals surface area (Å²) in [5.41, 5.74) is 1.40. The Labute approximate surface area is 88.6 Å². The summed E-state index contributed by atoms with van der Waals surface area (Å²) in [6, 6.07) is 8.51. The molecule has 0 saturated carbocycles. The summed E-state index contributed by atoms with van der Waals surface area (Å²) in [5, 5.41) is 3.09. The molecule has 2 heteroatoms. The van der Waals surface area contributed by atoms with E-state index in [0.29, 0.717) is 5.25 Å². The van der Waals surface area contributed by atoms with Crippen molar-refractivity contribution in [2.75, 3.05) is 6.26 Å². The van der Waals surface area contributed by atoms with Crippen LogP contribution in [0.1, 0.15) is 17.7 Å². The maximum absolute atomic E-state index is 4.13. The molecule has 1 aromatic carbocycles. The number of thioether (sulfide) groups is 1. The van der Waals surface area contributed by atoms with Crippen molar-refractivity contribution >= 4 is 22.5 Å². The second-order valence-electron chi connectivity index (χ2n) is 3.32. The molecule has 0 aliphatic rings. The summed E-state index contributed by atoms with van der Waals surface area (Å²) in [5.74, 6) is 0. The van der Waals surface area contributed by atoms with Crippen LogP contribution in [0.4, 0.5) is 0 Å². The van der Waals surface area contributed by atoms with Crippen molar-refractivity contribution in [3.8, 4) is 0 Å². The highest BCUT2D eigenvalue weighted by molar-refractivity contribution is 7.98. The first kappa shape index (κ1) is 9.53. The Balaban J connectivity index is 2.65. The molecule has 0 aliphatic heterocycles. The molecule has 2 rings (SSSR count). The number of hydrogen-bond donors (Lipinski definition) is 0. The van der Waals surface area contributed by atoms with Gasteiger partial charge in [0.2, 0.25) is 0 Å². The van der Waals surface area contributed by atoms with Crippen LogP contribution >= 0.6 is 11.8 Å². The number of pyridine rings is 1. The largest absolute Gasteiger partial charge is 0.264 e.